The van der Waals surface area contributed by atoms with Gasteiger partial charge in [0.05, 0.1) is 18.2 Å². The molecule has 1 aliphatic heterocycles. The third-order valence-electron chi connectivity index (χ3n) is 10.0. The lowest BCUT2D eigenvalue weighted by Gasteiger charge is -2.59. The molecule has 10 nitrogen and oxygen atoms in total. The average molecular weight is 691 g/mol. The van der Waals surface area contributed by atoms with E-state index in [1.54, 1.807) is 36.2 Å². The van der Waals surface area contributed by atoms with Crippen LogP contribution in [-0.4, -0.2) is 76.3 Å². The number of aromatic hydroxyl groups is 1. The summed E-state index contributed by atoms with van der Waals surface area (Å²) < 4.78 is 19.7. The molecular formula is C40H54N2O8. The number of ether oxygens (including phenoxy) is 3. The first-order valence-corrected chi connectivity index (χ1v) is 17.9. The number of unbranched alkanes of at least 4 members (excludes halogenated alkanes) is 2. The zero-order chi connectivity index (χ0) is 35.9. The molecule has 0 bridgehead atoms. The summed E-state index contributed by atoms with van der Waals surface area (Å²) in [6.07, 6.45) is 8.37. The highest BCUT2D eigenvalue weighted by Crippen LogP contribution is 2.61. The number of hydrogen-bond donors (Lipinski definition) is 3. The molecule has 2 aliphatic carbocycles. The summed E-state index contributed by atoms with van der Waals surface area (Å²) >= 11 is 0. The van der Waals surface area contributed by atoms with Gasteiger partial charge in [-0.1, -0.05) is 60.5 Å². The Labute approximate surface area is 296 Å². The minimum atomic E-state index is -1.37. The second-order valence-electron chi connectivity index (χ2n) is 14.6. The number of phenolic OH excluding ortho intramolecular Hbond substituents is 1. The fraction of sp³-hybridized carbons (Fsp3) is 0.550. The van der Waals surface area contributed by atoms with E-state index >= 15 is 0 Å². The van der Waals surface area contributed by atoms with Gasteiger partial charge in [0.1, 0.15) is 29.7 Å². The number of oxime groups is 1. The molecule has 0 saturated heterocycles. The van der Waals surface area contributed by atoms with E-state index in [1.165, 1.54) is 0 Å². The number of hydrogen-bond acceptors (Lipinski definition) is 9. The maximum Gasteiger partial charge on any atom is 0.410 e. The Bertz CT molecular complexity index is 1520. The van der Waals surface area contributed by atoms with Gasteiger partial charge in [-0.05, 0) is 87.6 Å². The number of likely N-dealkylation sites (N-methyl/N-ethyl adjacent to an activating group) is 1. The van der Waals surface area contributed by atoms with Crippen LogP contribution in [0.1, 0.15) is 82.8 Å². The summed E-state index contributed by atoms with van der Waals surface area (Å²) in [4.78, 5) is 21.6. The number of amides is 1. The Morgan fingerprint density at radius 3 is 2.48 bits per heavy atom. The molecule has 6 atom stereocenters. The Kier molecular flexibility index (Phi) is 12.3. The van der Waals surface area contributed by atoms with Crippen LogP contribution in [0.15, 0.2) is 78.0 Å². The zero-order valence-electron chi connectivity index (χ0n) is 29.9. The van der Waals surface area contributed by atoms with Gasteiger partial charge in [-0.25, -0.2) is 4.79 Å². The van der Waals surface area contributed by atoms with Crippen LogP contribution in [0.25, 0.3) is 0 Å². The van der Waals surface area contributed by atoms with Crippen molar-refractivity contribution in [3.05, 3.63) is 84.0 Å². The Morgan fingerprint density at radius 2 is 1.80 bits per heavy atom. The fourth-order valence-corrected chi connectivity index (χ4v) is 7.88. The molecule has 1 amide bonds. The van der Waals surface area contributed by atoms with E-state index in [1.807, 2.05) is 51.1 Å². The maximum atomic E-state index is 13.9. The molecular weight excluding hydrogens is 636 g/mol. The summed E-state index contributed by atoms with van der Waals surface area (Å²) in [6, 6.07) is 14.0. The number of allylic oxidation sites excluding steroid dienone is 1. The van der Waals surface area contributed by atoms with E-state index in [-0.39, 0.29) is 56.4 Å². The molecule has 0 radical (unpaired) electrons. The molecule has 3 N–H and O–H groups in total. The molecule has 0 aromatic heterocycles. The first-order valence-electron chi connectivity index (χ1n) is 17.9. The average Bonchev–Trinajstić information content (AvgIpc) is 3.10. The van der Waals surface area contributed by atoms with Crippen LogP contribution in [0.5, 0.6) is 11.5 Å². The predicted octanol–water partition coefficient (Wildman–Crippen LogP) is 7.09. The van der Waals surface area contributed by atoms with Crippen LogP contribution in [-0.2, 0) is 20.9 Å². The lowest BCUT2D eigenvalue weighted by molar-refractivity contribution is -0.253. The van der Waals surface area contributed by atoms with Crippen molar-refractivity contribution in [3.8, 4) is 11.5 Å². The number of aliphatic hydroxyl groups excluding tert-OH is 2. The van der Waals surface area contributed by atoms with Crippen molar-refractivity contribution in [1.82, 2.24) is 4.90 Å². The van der Waals surface area contributed by atoms with E-state index in [9.17, 15) is 20.1 Å². The van der Waals surface area contributed by atoms with Gasteiger partial charge in [-0.2, -0.15) is 0 Å². The third-order valence-corrected chi connectivity index (χ3v) is 10.0. The minimum Gasteiger partial charge on any atom is -0.508 e. The molecule has 50 heavy (non-hydrogen) atoms. The summed E-state index contributed by atoms with van der Waals surface area (Å²) in [7, 11) is 1.71. The normalized spacial score (nSPS) is 26.2. The monoisotopic (exact) mass is 690 g/mol. The molecule has 1 fully saturated rings. The summed E-state index contributed by atoms with van der Waals surface area (Å²) in [5.74, 6) is -1.14. The number of carbonyl (C=O) groups is 1. The van der Waals surface area contributed by atoms with Crippen LogP contribution < -0.4 is 4.74 Å². The van der Waals surface area contributed by atoms with E-state index < -0.39 is 29.4 Å². The number of rotatable bonds is 15. The Balaban J connectivity index is 1.69. The SMILES string of the molecule is C=CCOC12Oc3ccc(O)cc3C3C(CCCCO)C(CCCCO)C=C(C(=NOC(C)(C)C)CC1N(C)C(=O)OCc1ccccc1)C32. The highest BCUT2D eigenvalue weighted by molar-refractivity contribution is 6.02. The minimum absolute atomic E-state index is 0.0732. The van der Waals surface area contributed by atoms with Crippen molar-refractivity contribution in [2.24, 2.45) is 22.9 Å². The van der Waals surface area contributed by atoms with E-state index in [2.05, 4.69) is 12.7 Å². The second-order valence-corrected chi connectivity index (χ2v) is 14.6. The van der Waals surface area contributed by atoms with Crippen LogP contribution in [0.3, 0.4) is 0 Å². The molecule has 6 unspecified atom stereocenters. The quantitative estimate of drug-likeness (QED) is 0.103. The fourth-order valence-electron chi connectivity index (χ4n) is 7.88. The Hall–Kier alpha value is -3.86. The van der Waals surface area contributed by atoms with Gasteiger partial charge in [0, 0.05) is 38.2 Å². The van der Waals surface area contributed by atoms with E-state index in [0.29, 0.717) is 24.3 Å². The first-order chi connectivity index (χ1) is 24.0. The molecule has 5 rings (SSSR count). The molecule has 2 aromatic carbocycles. The van der Waals surface area contributed by atoms with E-state index in [4.69, 9.17) is 24.2 Å². The van der Waals surface area contributed by atoms with Crippen LogP contribution in [0.2, 0.25) is 0 Å². The van der Waals surface area contributed by atoms with Crippen LogP contribution in [0.4, 0.5) is 4.79 Å². The number of nitrogens with zero attached hydrogens (tertiary/aromatic N) is 2. The summed E-state index contributed by atoms with van der Waals surface area (Å²) in [6.45, 7) is 10.3. The smallest absolute Gasteiger partial charge is 0.410 e. The lowest BCUT2D eigenvalue weighted by Crippen LogP contribution is -2.69. The predicted molar refractivity (Wildman–Crippen MR) is 192 cm³/mol. The van der Waals surface area contributed by atoms with Gasteiger partial charge >= 0.3 is 6.09 Å². The first kappa shape index (κ1) is 37.4. The second kappa shape index (κ2) is 16.4. The maximum absolute atomic E-state index is 13.9. The van der Waals surface area contributed by atoms with Crippen molar-refractivity contribution >= 4 is 11.8 Å². The number of phenols is 1. The molecule has 3 aliphatic rings. The van der Waals surface area contributed by atoms with Crippen molar-refractivity contribution in [3.63, 3.8) is 0 Å². The van der Waals surface area contributed by atoms with Gasteiger partial charge < -0.3 is 39.3 Å². The molecule has 1 saturated carbocycles. The Morgan fingerprint density at radius 1 is 1.08 bits per heavy atom. The highest BCUT2D eigenvalue weighted by Gasteiger charge is 2.65. The standard InChI is InChI=1S/C40H54N2O8/c1-6-22-48-40-35(42(5)38(46)47-26-27-14-8-7-9-15-27)25-33(41-50-39(2,3)4)31-23-28(16-10-12-20-43)30(17-11-13-21-44)36(37(31)40)32-24-29(45)18-19-34(32)49-40/h6-9,14-15,18-19,23-24,28,30,35-37,43-45H,1,10-13,16-17,20-22,25-26H2,2-5H3. The lowest BCUT2D eigenvalue weighted by atomic mass is 9.55. The van der Waals surface area contributed by atoms with Gasteiger partial charge in [-0.3, -0.25) is 0 Å². The molecule has 272 valence electrons. The summed E-state index contributed by atoms with van der Waals surface area (Å²) in [5, 5.41) is 35.0. The van der Waals surface area contributed by atoms with Gasteiger partial charge in [0.15, 0.2) is 0 Å². The van der Waals surface area contributed by atoms with Crippen molar-refractivity contribution in [1.29, 1.82) is 0 Å². The van der Waals surface area contributed by atoms with Crippen molar-refractivity contribution in [2.75, 3.05) is 26.9 Å². The largest absolute Gasteiger partial charge is 0.508 e. The van der Waals surface area contributed by atoms with Crippen LogP contribution in [0, 0.1) is 17.8 Å². The van der Waals surface area contributed by atoms with E-state index in [0.717, 1.165) is 42.4 Å². The molecule has 10 heteroatoms. The molecule has 0 spiro atoms. The topological polar surface area (TPSA) is 130 Å². The number of aliphatic hydroxyl groups is 2. The van der Waals surface area contributed by atoms with Gasteiger partial charge in [0.25, 0.3) is 0 Å². The summed E-state index contributed by atoms with van der Waals surface area (Å²) in [5.41, 5.74) is 2.81. The number of benzene rings is 2. The highest BCUT2D eigenvalue weighted by atomic mass is 16.7. The van der Waals surface area contributed by atoms with Crippen molar-refractivity contribution in [2.45, 2.75) is 95.7 Å². The molecule has 1 heterocycles. The number of carbonyl (C=O) groups excluding carboxylic acids is 1. The third kappa shape index (κ3) is 8.19. The zero-order valence-corrected chi connectivity index (χ0v) is 29.9. The molecule has 2 aromatic rings. The van der Waals surface area contributed by atoms with Crippen molar-refractivity contribution < 1.29 is 39.2 Å². The number of fused-ring (bicyclic) bond motifs is 2. The van der Waals surface area contributed by atoms with Gasteiger partial charge in [0.2, 0.25) is 5.79 Å². The van der Waals surface area contributed by atoms with Crippen LogP contribution >= 0.6 is 0 Å². The van der Waals surface area contributed by atoms with Gasteiger partial charge in [-0.15, -0.1) is 6.58 Å².